The van der Waals surface area contributed by atoms with Crippen molar-refractivity contribution in [1.82, 2.24) is 0 Å². The third kappa shape index (κ3) is 3.41. The topological polar surface area (TPSA) is 17.1 Å². The molecule has 1 heteroatoms. The van der Waals surface area contributed by atoms with Crippen LogP contribution in [0.4, 0.5) is 0 Å². The Labute approximate surface area is 128 Å². The fraction of sp³-hybridized carbons (Fsp3) is 0.350. The molecule has 0 N–H and O–H groups in total. The molecule has 0 saturated heterocycles. The zero-order valence-corrected chi connectivity index (χ0v) is 13.6. The van der Waals surface area contributed by atoms with Crippen LogP contribution in [0.5, 0.6) is 0 Å². The predicted octanol–water partition coefficient (Wildman–Crippen LogP) is 5.80. The first-order valence-electron chi connectivity index (χ1n) is 7.65. The largest absolute Gasteiger partial charge is 0.295 e. The fourth-order valence-electron chi connectivity index (χ4n) is 2.57. The molecule has 21 heavy (non-hydrogen) atoms. The first kappa shape index (κ1) is 15.5. The number of Topliss-reactive ketones (excluding diaryl/α,β-unsaturated/α-hetero) is 1. The lowest BCUT2D eigenvalue weighted by molar-refractivity contribution is 0.101. The summed E-state index contributed by atoms with van der Waals surface area (Å²) >= 11 is 0. The van der Waals surface area contributed by atoms with Gasteiger partial charge in [-0.1, -0.05) is 70.2 Å². The summed E-state index contributed by atoms with van der Waals surface area (Å²) in [6.45, 7) is 10.5. The van der Waals surface area contributed by atoms with Crippen LogP contribution in [0.1, 0.15) is 67.9 Å². The van der Waals surface area contributed by atoms with Gasteiger partial charge in [0.2, 0.25) is 0 Å². The van der Waals surface area contributed by atoms with Crippen LogP contribution in [0.25, 0.3) is 11.1 Å². The number of hydrogen-bond acceptors (Lipinski definition) is 1. The fourth-order valence-corrected chi connectivity index (χ4v) is 2.57. The van der Waals surface area contributed by atoms with E-state index in [-0.39, 0.29) is 5.78 Å². The number of carbonyl (C=O) groups is 1. The Balaban J connectivity index is 2.49. The number of hydrogen-bond donors (Lipinski definition) is 0. The van der Waals surface area contributed by atoms with Crippen molar-refractivity contribution in [2.24, 2.45) is 0 Å². The van der Waals surface area contributed by atoms with Crippen molar-refractivity contribution in [3.8, 4) is 11.1 Å². The van der Waals surface area contributed by atoms with E-state index in [0.717, 1.165) is 5.56 Å². The van der Waals surface area contributed by atoms with Gasteiger partial charge in [0.15, 0.2) is 5.78 Å². The number of carbonyl (C=O) groups excluding carboxylic acids is 1. The van der Waals surface area contributed by atoms with Crippen molar-refractivity contribution >= 4 is 5.78 Å². The number of rotatable bonds is 4. The summed E-state index contributed by atoms with van der Waals surface area (Å²) in [6, 6.07) is 14.7. The highest BCUT2D eigenvalue weighted by molar-refractivity contribution is 5.94. The summed E-state index contributed by atoms with van der Waals surface area (Å²) in [5.74, 6) is 1.13. The molecule has 0 aliphatic rings. The molecule has 0 heterocycles. The van der Waals surface area contributed by atoms with E-state index in [1.807, 2.05) is 24.3 Å². The molecule has 2 aromatic carbocycles. The molecule has 110 valence electrons. The minimum Gasteiger partial charge on any atom is -0.295 e. The van der Waals surface area contributed by atoms with E-state index in [0.29, 0.717) is 11.8 Å². The van der Waals surface area contributed by atoms with Crippen molar-refractivity contribution in [1.29, 1.82) is 0 Å². The lowest BCUT2D eigenvalue weighted by Gasteiger charge is -2.17. The van der Waals surface area contributed by atoms with E-state index < -0.39 is 0 Å². The molecule has 0 unspecified atom stereocenters. The lowest BCUT2D eigenvalue weighted by Crippen LogP contribution is -1.97. The van der Waals surface area contributed by atoms with Crippen LogP contribution in [0, 0.1) is 0 Å². The molecule has 1 nitrogen and oxygen atoms in total. The molecule has 0 aromatic heterocycles. The highest BCUT2D eigenvalue weighted by Gasteiger charge is 2.11. The van der Waals surface area contributed by atoms with E-state index in [1.165, 1.54) is 22.3 Å². The zero-order chi connectivity index (χ0) is 15.6. The minimum absolute atomic E-state index is 0.112. The summed E-state index contributed by atoms with van der Waals surface area (Å²) in [4.78, 5) is 11.4. The molecule has 0 radical (unpaired) electrons. The van der Waals surface area contributed by atoms with E-state index >= 15 is 0 Å². The molecule has 2 rings (SSSR count). The maximum atomic E-state index is 11.4. The number of ketones is 1. The van der Waals surface area contributed by atoms with Crippen LogP contribution in [-0.4, -0.2) is 5.78 Å². The van der Waals surface area contributed by atoms with E-state index in [4.69, 9.17) is 0 Å². The highest BCUT2D eigenvalue weighted by atomic mass is 16.1. The SMILES string of the molecule is CC(=O)c1ccc(-c2ccc(C(C)C)cc2C(C)C)cc1. The van der Waals surface area contributed by atoms with Crippen molar-refractivity contribution in [3.05, 3.63) is 59.2 Å². The quantitative estimate of drug-likeness (QED) is 0.646. The maximum absolute atomic E-state index is 11.4. The van der Waals surface area contributed by atoms with Crippen LogP contribution >= 0.6 is 0 Å². The van der Waals surface area contributed by atoms with Gasteiger partial charge in [0.1, 0.15) is 0 Å². The van der Waals surface area contributed by atoms with Crippen molar-refractivity contribution in [2.75, 3.05) is 0 Å². The molecule has 0 aliphatic carbocycles. The van der Waals surface area contributed by atoms with Gasteiger partial charge in [-0.05, 0) is 41.0 Å². The molecule has 2 aromatic rings. The Morgan fingerprint density at radius 3 is 1.95 bits per heavy atom. The second-order valence-corrected chi connectivity index (χ2v) is 6.29. The maximum Gasteiger partial charge on any atom is 0.159 e. The molecule has 0 amide bonds. The number of benzene rings is 2. The summed E-state index contributed by atoms with van der Waals surface area (Å²) in [5, 5.41) is 0. The molecule has 0 aliphatic heterocycles. The van der Waals surface area contributed by atoms with E-state index in [1.54, 1.807) is 6.92 Å². The third-order valence-corrected chi connectivity index (χ3v) is 3.97. The predicted molar refractivity (Wildman–Crippen MR) is 90.1 cm³/mol. The summed E-state index contributed by atoms with van der Waals surface area (Å²) in [6.07, 6.45) is 0. The van der Waals surface area contributed by atoms with Gasteiger partial charge < -0.3 is 0 Å². The second-order valence-electron chi connectivity index (χ2n) is 6.29. The molecular formula is C20H24O. The van der Waals surface area contributed by atoms with E-state index in [9.17, 15) is 4.79 Å². The van der Waals surface area contributed by atoms with Gasteiger partial charge in [-0.25, -0.2) is 0 Å². The minimum atomic E-state index is 0.112. The van der Waals surface area contributed by atoms with Gasteiger partial charge in [0.05, 0.1) is 0 Å². The summed E-state index contributed by atoms with van der Waals surface area (Å²) in [5.41, 5.74) is 5.96. The smallest absolute Gasteiger partial charge is 0.159 e. The molecule has 0 bridgehead atoms. The normalized spacial score (nSPS) is 11.2. The molecule has 0 saturated carbocycles. The monoisotopic (exact) mass is 280 g/mol. The van der Waals surface area contributed by atoms with Gasteiger partial charge in [0, 0.05) is 5.56 Å². The third-order valence-electron chi connectivity index (χ3n) is 3.97. The van der Waals surface area contributed by atoms with Crippen LogP contribution in [-0.2, 0) is 0 Å². The summed E-state index contributed by atoms with van der Waals surface area (Å²) < 4.78 is 0. The van der Waals surface area contributed by atoms with Gasteiger partial charge >= 0.3 is 0 Å². The van der Waals surface area contributed by atoms with Gasteiger partial charge in [-0.3, -0.25) is 4.79 Å². The molecule has 0 fully saturated rings. The molecule has 0 spiro atoms. The standard InChI is InChI=1S/C20H24O/c1-13(2)18-10-11-19(20(12-18)14(3)4)17-8-6-16(7-9-17)15(5)21/h6-14H,1-5H3. The lowest BCUT2D eigenvalue weighted by atomic mass is 9.88. The Morgan fingerprint density at radius 2 is 1.48 bits per heavy atom. The highest BCUT2D eigenvalue weighted by Crippen LogP contribution is 2.32. The second kappa shape index (κ2) is 6.26. The van der Waals surface area contributed by atoms with Gasteiger partial charge in [0.25, 0.3) is 0 Å². The van der Waals surface area contributed by atoms with E-state index in [2.05, 4.69) is 45.9 Å². The Kier molecular flexibility index (Phi) is 4.62. The first-order valence-corrected chi connectivity index (χ1v) is 7.65. The Bertz CT molecular complexity index is 633. The average Bonchev–Trinajstić information content (AvgIpc) is 2.46. The average molecular weight is 280 g/mol. The van der Waals surface area contributed by atoms with Crippen LogP contribution < -0.4 is 0 Å². The van der Waals surface area contributed by atoms with Crippen LogP contribution in [0.3, 0.4) is 0 Å². The molecular weight excluding hydrogens is 256 g/mol. The van der Waals surface area contributed by atoms with Gasteiger partial charge in [-0.2, -0.15) is 0 Å². The first-order chi connectivity index (χ1) is 9.90. The van der Waals surface area contributed by atoms with Crippen LogP contribution in [0.2, 0.25) is 0 Å². The van der Waals surface area contributed by atoms with Crippen molar-refractivity contribution in [3.63, 3.8) is 0 Å². The van der Waals surface area contributed by atoms with Crippen LogP contribution in [0.15, 0.2) is 42.5 Å². The zero-order valence-electron chi connectivity index (χ0n) is 13.6. The van der Waals surface area contributed by atoms with Crippen molar-refractivity contribution < 1.29 is 4.79 Å². The molecule has 0 atom stereocenters. The summed E-state index contributed by atoms with van der Waals surface area (Å²) in [7, 11) is 0. The Hall–Kier alpha value is -1.89. The van der Waals surface area contributed by atoms with Crippen molar-refractivity contribution in [2.45, 2.75) is 46.5 Å². The Morgan fingerprint density at radius 1 is 0.857 bits per heavy atom. The van der Waals surface area contributed by atoms with Gasteiger partial charge in [-0.15, -0.1) is 0 Å².